The molecule has 1 aliphatic heterocycles. The molecule has 0 saturated heterocycles. The molecular weight excluding hydrogens is 353 g/mol. The van der Waals surface area contributed by atoms with Gasteiger partial charge in [-0.3, -0.25) is 9.59 Å². The van der Waals surface area contributed by atoms with E-state index in [2.05, 4.69) is 10.4 Å². The molecule has 1 atom stereocenters. The van der Waals surface area contributed by atoms with E-state index in [0.29, 0.717) is 27.6 Å². The predicted octanol–water partition coefficient (Wildman–Crippen LogP) is 4.00. The molecule has 132 valence electrons. The van der Waals surface area contributed by atoms with Crippen molar-refractivity contribution in [1.82, 2.24) is 9.78 Å². The van der Waals surface area contributed by atoms with Crippen molar-refractivity contribution in [2.45, 2.75) is 26.2 Å². The number of carbonyl (C=O) groups is 2. The standard InChI is InChI=1S/C19H16FN3O2S/c1-10-6-7-15(26-10)18(25)14-9-16(24)21-19-17(14)11(2)22-23(19)13-5-3-4-12(20)8-13/h3-8,14H,9H2,1-2H3,(H,21,24). The minimum Gasteiger partial charge on any atom is -0.310 e. The van der Waals surface area contributed by atoms with Gasteiger partial charge in [0.25, 0.3) is 0 Å². The largest absolute Gasteiger partial charge is 0.310 e. The third-order valence-corrected chi connectivity index (χ3v) is 5.47. The number of fused-ring (bicyclic) bond motifs is 1. The molecule has 5 nitrogen and oxygen atoms in total. The van der Waals surface area contributed by atoms with Gasteiger partial charge in [0, 0.05) is 16.9 Å². The molecule has 0 bridgehead atoms. The van der Waals surface area contributed by atoms with E-state index in [1.165, 1.54) is 28.2 Å². The smallest absolute Gasteiger partial charge is 0.226 e. The third-order valence-electron chi connectivity index (χ3n) is 4.45. The van der Waals surface area contributed by atoms with E-state index in [-0.39, 0.29) is 18.1 Å². The Morgan fingerprint density at radius 2 is 2.12 bits per heavy atom. The summed E-state index contributed by atoms with van der Waals surface area (Å²) in [5.74, 6) is -0.869. The number of halogens is 1. The number of benzene rings is 1. The quantitative estimate of drug-likeness (QED) is 0.710. The van der Waals surface area contributed by atoms with Crippen LogP contribution in [0.15, 0.2) is 36.4 Å². The Labute approximate surface area is 153 Å². The number of aryl methyl sites for hydroxylation is 2. The summed E-state index contributed by atoms with van der Waals surface area (Å²) in [5, 5.41) is 7.26. The Morgan fingerprint density at radius 3 is 2.81 bits per heavy atom. The van der Waals surface area contributed by atoms with Gasteiger partial charge in [-0.25, -0.2) is 9.07 Å². The van der Waals surface area contributed by atoms with Crippen molar-refractivity contribution in [2.24, 2.45) is 0 Å². The van der Waals surface area contributed by atoms with Gasteiger partial charge >= 0.3 is 0 Å². The van der Waals surface area contributed by atoms with Gasteiger partial charge in [0.2, 0.25) is 5.91 Å². The molecule has 0 aliphatic carbocycles. The Bertz CT molecular complexity index is 1040. The first-order valence-electron chi connectivity index (χ1n) is 8.20. The number of aromatic nitrogens is 2. The molecule has 0 fully saturated rings. The van der Waals surface area contributed by atoms with E-state index in [1.807, 2.05) is 13.0 Å². The highest BCUT2D eigenvalue weighted by atomic mass is 32.1. The predicted molar refractivity (Wildman–Crippen MR) is 97.6 cm³/mol. The van der Waals surface area contributed by atoms with Crippen molar-refractivity contribution >= 4 is 28.8 Å². The second-order valence-electron chi connectivity index (χ2n) is 6.32. The van der Waals surface area contributed by atoms with Gasteiger partial charge in [0.15, 0.2) is 5.78 Å². The first-order valence-corrected chi connectivity index (χ1v) is 9.01. The molecular formula is C19H16FN3O2S. The van der Waals surface area contributed by atoms with Crippen LogP contribution in [0.4, 0.5) is 10.2 Å². The van der Waals surface area contributed by atoms with Gasteiger partial charge in [-0.05, 0) is 44.2 Å². The zero-order valence-corrected chi connectivity index (χ0v) is 15.1. The molecule has 0 saturated carbocycles. The number of thiophene rings is 1. The number of anilines is 1. The molecule has 3 aromatic rings. The van der Waals surface area contributed by atoms with Crippen LogP contribution in [0.5, 0.6) is 0 Å². The van der Waals surface area contributed by atoms with Crippen molar-refractivity contribution in [3.05, 3.63) is 63.2 Å². The lowest BCUT2D eigenvalue weighted by Crippen LogP contribution is -2.28. The van der Waals surface area contributed by atoms with Crippen LogP contribution >= 0.6 is 11.3 Å². The number of nitrogens with zero attached hydrogens (tertiary/aromatic N) is 2. The fraction of sp³-hybridized carbons (Fsp3) is 0.211. The van der Waals surface area contributed by atoms with Gasteiger partial charge in [0.1, 0.15) is 11.6 Å². The minimum atomic E-state index is -0.584. The Hall–Kier alpha value is -2.80. The maximum atomic E-state index is 13.6. The van der Waals surface area contributed by atoms with E-state index in [1.54, 1.807) is 25.1 Å². The molecule has 3 heterocycles. The molecule has 1 unspecified atom stereocenters. The minimum absolute atomic E-state index is 0.0818. The first kappa shape index (κ1) is 16.7. The van der Waals surface area contributed by atoms with Gasteiger partial charge in [-0.2, -0.15) is 5.10 Å². The summed E-state index contributed by atoms with van der Waals surface area (Å²) in [6.45, 7) is 3.74. The number of nitrogens with one attached hydrogen (secondary N) is 1. The van der Waals surface area contributed by atoms with Gasteiger partial charge in [-0.15, -0.1) is 11.3 Å². The Balaban J connectivity index is 1.83. The summed E-state index contributed by atoms with van der Waals surface area (Å²) in [5.41, 5.74) is 1.84. The summed E-state index contributed by atoms with van der Waals surface area (Å²) in [6, 6.07) is 9.65. The van der Waals surface area contributed by atoms with Crippen molar-refractivity contribution in [1.29, 1.82) is 0 Å². The molecule has 1 N–H and O–H groups in total. The van der Waals surface area contributed by atoms with Crippen molar-refractivity contribution in [3.8, 4) is 5.69 Å². The summed E-state index contributed by atoms with van der Waals surface area (Å²) in [4.78, 5) is 26.9. The zero-order valence-electron chi connectivity index (χ0n) is 14.2. The van der Waals surface area contributed by atoms with Gasteiger partial charge < -0.3 is 5.32 Å². The summed E-state index contributed by atoms with van der Waals surface area (Å²) < 4.78 is 15.1. The lowest BCUT2D eigenvalue weighted by molar-refractivity contribution is -0.116. The van der Waals surface area contributed by atoms with Crippen LogP contribution in [-0.2, 0) is 4.79 Å². The number of Topliss-reactive ketones (excluding diaryl/α,β-unsaturated/α-hetero) is 1. The average Bonchev–Trinajstić information content (AvgIpc) is 3.17. The van der Waals surface area contributed by atoms with Gasteiger partial charge in [0.05, 0.1) is 22.2 Å². The van der Waals surface area contributed by atoms with Crippen LogP contribution in [0, 0.1) is 19.7 Å². The summed E-state index contributed by atoms with van der Waals surface area (Å²) in [6.07, 6.45) is 0.0818. The zero-order chi connectivity index (χ0) is 18.4. The second-order valence-corrected chi connectivity index (χ2v) is 7.61. The normalized spacial score (nSPS) is 16.3. The van der Waals surface area contributed by atoms with E-state index in [0.717, 1.165) is 4.88 Å². The molecule has 26 heavy (non-hydrogen) atoms. The highest BCUT2D eigenvalue weighted by Gasteiger charge is 2.36. The van der Waals surface area contributed by atoms with E-state index in [9.17, 15) is 14.0 Å². The number of amides is 1. The summed E-state index contributed by atoms with van der Waals surface area (Å²) >= 11 is 1.42. The maximum absolute atomic E-state index is 13.6. The van der Waals surface area contributed by atoms with Crippen LogP contribution in [-0.4, -0.2) is 21.5 Å². The highest BCUT2D eigenvalue weighted by molar-refractivity contribution is 7.14. The highest BCUT2D eigenvalue weighted by Crippen LogP contribution is 2.39. The number of carbonyl (C=O) groups excluding carboxylic acids is 2. The van der Waals surface area contributed by atoms with Crippen molar-refractivity contribution in [3.63, 3.8) is 0 Å². The monoisotopic (exact) mass is 369 g/mol. The van der Waals surface area contributed by atoms with E-state index >= 15 is 0 Å². The third kappa shape index (κ3) is 2.74. The van der Waals surface area contributed by atoms with E-state index in [4.69, 9.17) is 0 Å². The Morgan fingerprint density at radius 1 is 1.31 bits per heavy atom. The van der Waals surface area contributed by atoms with E-state index < -0.39 is 11.7 Å². The van der Waals surface area contributed by atoms with Crippen LogP contribution in [0.3, 0.4) is 0 Å². The lowest BCUT2D eigenvalue weighted by atomic mass is 9.87. The molecule has 0 radical (unpaired) electrons. The number of hydrogen-bond acceptors (Lipinski definition) is 4. The SMILES string of the molecule is Cc1ccc(C(=O)C2CC(=O)Nc3c2c(C)nn3-c2cccc(F)c2)s1. The summed E-state index contributed by atoms with van der Waals surface area (Å²) in [7, 11) is 0. The second kappa shape index (κ2) is 6.17. The topological polar surface area (TPSA) is 64.0 Å². The number of hydrogen-bond donors (Lipinski definition) is 1. The van der Waals surface area contributed by atoms with Crippen LogP contribution < -0.4 is 5.32 Å². The molecule has 0 spiro atoms. The fourth-order valence-electron chi connectivity index (χ4n) is 3.30. The molecule has 1 aromatic carbocycles. The number of rotatable bonds is 3. The lowest BCUT2D eigenvalue weighted by Gasteiger charge is -2.22. The Kier molecular flexibility index (Phi) is 3.96. The molecule has 7 heteroatoms. The van der Waals surface area contributed by atoms with Gasteiger partial charge in [-0.1, -0.05) is 6.07 Å². The van der Waals surface area contributed by atoms with Crippen LogP contribution in [0.25, 0.3) is 5.69 Å². The van der Waals surface area contributed by atoms with Crippen LogP contribution in [0.2, 0.25) is 0 Å². The fourth-order valence-corrected chi connectivity index (χ4v) is 4.17. The molecule has 1 aliphatic rings. The maximum Gasteiger partial charge on any atom is 0.226 e. The molecule has 1 amide bonds. The number of ketones is 1. The van der Waals surface area contributed by atoms with Crippen LogP contribution in [0.1, 0.15) is 38.1 Å². The molecule has 2 aromatic heterocycles. The van der Waals surface area contributed by atoms with Crippen molar-refractivity contribution < 1.29 is 14.0 Å². The van der Waals surface area contributed by atoms with Crippen molar-refractivity contribution in [2.75, 3.05) is 5.32 Å². The molecule has 4 rings (SSSR count). The average molecular weight is 369 g/mol. The first-order chi connectivity index (χ1) is 12.4.